The highest BCUT2D eigenvalue weighted by Gasteiger charge is 2.21. The van der Waals surface area contributed by atoms with Crippen LogP contribution in [0.4, 0.5) is 0 Å². The molecule has 1 aromatic rings. The van der Waals surface area contributed by atoms with Crippen LogP contribution in [0, 0.1) is 11.8 Å². The molecule has 2 atom stereocenters. The molecular weight excluding hydrogens is 252 g/mol. The second-order valence-electron chi connectivity index (χ2n) is 4.22. The van der Waals surface area contributed by atoms with Gasteiger partial charge in [-0.25, -0.2) is 0 Å². The van der Waals surface area contributed by atoms with Gasteiger partial charge in [-0.1, -0.05) is 41.9 Å². The highest BCUT2D eigenvalue weighted by atomic mass is 79.9. The Morgan fingerprint density at radius 3 is 2.47 bits per heavy atom. The van der Waals surface area contributed by atoms with Gasteiger partial charge in [0.2, 0.25) is 0 Å². The molecule has 1 rings (SSSR count). The molecule has 0 saturated heterocycles. The van der Waals surface area contributed by atoms with Crippen LogP contribution in [0.15, 0.2) is 28.7 Å². The fraction of sp³-hybridized carbons (Fsp3) is 0.500. The van der Waals surface area contributed by atoms with Crippen molar-refractivity contribution in [2.24, 2.45) is 23.3 Å². The Balaban J connectivity index is 2.87. The van der Waals surface area contributed by atoms with E-state index in [1.54, 1.807) is 0 Å². The Labute approximate surface area is 100 Å². The number of hydrogen-bond donors (Lipinski definition) is 2. The van der Waals surface area contributed by atoms with Crippen LogP contribution in [0.25, 0.3) is 0 Å². The summed E-state index contributed by atoms with van der Waals surface area (Å²) < 4.78 is 1.06. The number of halogens is 1. The lowest BCUT2D eigenvalue weighted by molar-refractivity contribution is 0.331. The molecule has 0 spiro atoms. The van der Waals surface area contributed by atoms with Crippen molar-refractivity contribution in [1.82, 2.24) is 0 Å². The Morgan fingerprint density at radius 1 is 1.33 bits per heavy atom. The zero-order chi connectivity index (χ0) is 11.4. The SMILES string of the molecule is CC(C)C(CN)C(N)c1cccc(Br)c1. The van der Waals surface area contributed by atoms with Gasteiger partial charge in [0.15, 0.2) is 0 Å². The van der Waals surface area contributed by atoms with E-state index in [-0.39, 0.29) is 6.04 Å². The topological polar surface area (TPSA) is 52.0 Å². The van der Waals surface area contributed by atoms with Crippen molar-refractivity contribution in [3.05, 3.63) is 34.3 Å². The highest BCUT2D eigenvalue weighted by molar-refractivity contribution is 9.10. The lowest BCUT2D eigenvalue weighted by Gasteiger charge is -2.26. The molecule has 2 unspecified atom stereocenters. The molecule has 0 aromatic heterocycles. The molecule has 0 aliphatic heterocycles. The molecule has 0 radical (unpaired) electrons. The lowest BCUT2D eigenvalue weighted by Crippen LogP contribution is -2.31. The molecule has 84 valence electrons. The first-order valence-electron chi connectivity index (χ1n) is 5.27. The smallest absolute Gasteiger partial charge is 0.0338 e. The minimum absolute atomic E-state index is 0.0208. The van der Waals surface area contributed by atoms with E-state index in [4.69, 9.17) is 11.5 Å². The number of benzene rings is 1. The van der Waals surface area contributed by atoms with E-state index in [1.165, 1.54) is 0 Å². The Morgan fingerprint density at radius 2 is 2.00 bits per heavy atom. The van der Waals surface area contributed by atoms with E-state index >= 15 is 0 Å². The fourth-order valence-corrected chi connectivity index (χ4v) is 2.21. The molecule has 0 aliphatic rings. The zero-order valence-corrected chi connectivity index (χ0v) is 10.9. The van der Waals surface area contributed by atoms with Crippen molar-refractivity contribution in [2.45, 2.75) is 19.9 Å². The third kappa shape index (κ3) is 3.30. The molecular formula is C12H19BrN2. The number of nitrogens with two attached hydrogens (primary N) is 2. The van der Waals surface area contributed by atoms with Crippen LogP contribution in [0.2, 0.25) is 0 Å². The number of hydrogen-bond acceptors (Lipinski definition) is 2. The van der Waals surface area contributed by atoms with Crippen molar-refractivity contribution in [2.75, 3.05) is 6.54 Å². The van der Waals surface area contributed by atoms with Gasteiger partial charge in [-0.3, -0.25) is 0 Å². The predicted octanol–water partition coefficient (Wildman–Crippen LogP) is 2.68. The maximum atomic E-state index is 6.22. The minimum Gasteiger partial charge on any atom is -0.330 e. The molecule has 1 aromatic carbocycles. The molecule has 3 heteroatoms. The van der Waals surface area contributed by atoms with E-state index in [2.05, 4.69) is 41.9 Å². The molecule has 2 nitrogen and oxygen atoms in total. The van der Waals surface area contributed by atoms with Gasteiger partial charge in [0.1, 0.15) is 0 Å². The molecule has 4 N–H and O–H groups in total. The Kier molecular flexibility index (Phi) is 4.77. The van der Waals surface area contributed by atoms with E-state index < -0.39 is 0 Å². The van der Waals surface area contributed by atoms with Gasteiger partial charge >= 0.3 is 0 Å². The summed E-state index contributed by atoms with van der Waals surface area (Å²) in [6.45, 7) is 4.95. The average molecular weight is 271 g/mol. The van der Waals surface area contributed by atoms with Crippen molar-refractivity contribution >= 4 is 15.9 Å². The molecule has 0 bridgehead atoms. The van der Waals surface area contributed by atoms with Gasteiger partial charge < -0.3 is 11.5 Å². The van der Waals surface area contributed by atoms with Gasteiger partial charge in [-0.2, -0.15) is 0 Å². The molecule has 0 amide bonds. The van der Waals surface area contributed by atoms with Gasteiger partial charge in [-0.05, 0) is 36.1 Å². The van der Waals surface area contributed by atoms with Crippen LogP contribution in [0.3, 0.4) is 0 Å². The molecule has 0 heterocycles. The first kappa shape index (κ1) is 12.7. The van der Waals surface area contributed by atoms with Crippen LogP contribution in [-0.4, -0.2) is 6.54 Å². The second-order valence-corrected chi connectivity index (χ2v) is 5.14. The van der Waals surface area contributed by atoms with Crippen LogP contribution >= 0.6 is 15.9 Å². The molecule has 0 saturated carbocycles. The monoisotopic (exact) mass is 270 g/mol. The first-order valence-corrected chi connectivity index (χ1v) is 6.06. The first-order chi connectivity index (χ1) is 7.06. The molecule has 15 heavy (non-hydrogen) atoms. The van der Waals surface area contributed by atoms with Gasteiger partial charge in [-0.15, -0.1) is 0 Å². The lowest BCUT2D eigenvalue weighted by atomic mass is 9.85. The quantitative estimate of drug-likeness (QED) is 0.884. The second kappa shape index (κ2) is 5.64. The van der Waals surface area contributed by atoms with E-state index in [0.717, 1.165) is 10.0 Å². The Bertz CT molecular complexity index is 312. The summed E-state index contributed by atoms with van der Waals surface area (Å²) in [5, 5.41) is 0. The van der Waals surface area contributed by atoms with Crippen molar-refractivity contribution in [3.8, 4) is 0 Å². The van der Waals surface area contributed by atoms with E-state index in [9.17, 15) is 0 Å². The normalized spacial score (nSPS) is 15.3. The van der Waals surface area contributed by atoms with Crippen LogP contribution in [-0.2, 0) is 0 Å². The summed E-state index contributed by atoms with van der Waals surface area (Å²) in [6, 6.07) is 8.15. The fourth-order valence-electron chi connectivity index (χ4n) is 1.79. The summed E-state index contributed by atoms with van der Waals surface area (Å²) in [5.74, 6) is 0.836. The summed E-state index contributed by atoms with van der Waals surface area (Å²) >= 11 is 3.45. The predicted molar refractivity (Wildman–Crippen MR) is 68.5 cm³/mol. The van der Waals surface area contributed by atoms with Crippen LogP contribution < -0.4 is 11.5 Å². The van der Waals surface area contributed by atoms with Crippen molar-refractivity contribution in [1.29, 1.82) is 0 Å². The average Bonchev–Trinajstić information content (AvgIpc) is 2.18. The maximum Gasteiger partial charge on any atom is 0.0338 e. The van der Waals surface area contributed by atoms with Gasteiger partial charge in [0, 0.05) is 10.5 Å². The summed E-state index contributed by atoms with van der Waals surface area (Å²) in [4.78, 5) is 0. The Hall–Kier alpha value is -0.380. The zero-order valence-electron chi connectivity index (χ0n) is 9.28. The molecule has 0 fully saturated rings. The third-order valence-corrected chi connectivity index (χ3v) is 3.32. The summed E-state index contributed by atoms with van der Waals surface area (Å²) in [7, 11) is 0. The van der Waals surface area contributed by atoms with Crippen LogP contribution in [0.5, 0.6) is 0 Å². The summed E-state index contributed by atoms with van der Waals surface area (Å²) in [5.41, 5.74) is 13.1. The van der Waals surface area contributed by atoms with E-state index in [0.29, 0.717) is 18.4 Å². The van der Waals surface area contributed by atoms with Crippen LogP contribution in [0.1, 0.15) is 25.5 Å². The van der Waals surface area contributed by atoms with Crippen molar-refractivity contribution in [3.63, 3.8) is 0 Å². The highest BCUT2D eigenvalue weighted by Crippen LogP contribution is 2.26. The van der Waals surface area contributed by atoms with Crippen molar-refractivity contribution < 1.29 is 0 Å². The molecule has 0 aliphatic carbocycles. The minimum atomic E-state index is 0.0208. The maximum absolute atomic E-state index is 6.22. The third-order valence-electron chi connectivity index (χ3n) is 2.82. The largest absolute Gasteiger partial charge is 0.330 e. The van der Waals surface area contributed by atoms with Gasteiger partial charge in [0.25, 0.3) is 0 Å². The van der Waals surface area contributed by atoms with E-state index in [1.807, 2.05) is 12.1 Å². The summed E-state index contributed by atoms with van der Waals surface area (Å²) in [6.07, 6.45) is 0. The van der Waals surface area contributed by atoms with Gasteiger partial charge in [0.05, 0.1) is 0 Å². The number of rotatable bonds is 4. The standard InChI is InChI=1S/C12H19BrN2/c1-8(2)11(7-14)12(15)9-4-3-5-10(13)6-9/h3-6,8,11-12H,7,14-15H2,1-2H3.